The molecule has 0 fully saturated rings. The lowest BCUT2D eigenvalue weighted by Crippen LogP contribution is -2.23. The molecule has 31 heavy (non-hydrogen) atoms. The van der Waals surface area contributed by atoms with Crippen molar-refractivity contribution in [3.05, 3.63) is 36.2 Å². The van der Waals surface area contributed by atoms with Gasteiger partial charge in [-0.2, -0.15) is 0 Å². The highest BCUT2D eigenvalue weighted by Crippen LogP contribution is 2.44. The van der Waals surface area contributed by atoms with Crippen LogP contribution in [-0.2, 0) is 6.42 Å². The van der Waals surface area contributed by atoms with E-state index in [0.29, 0.717) is 23.9 Å². The zero-order valence-electron chi connectivity index (χ0n) is 17.8. The number of anilines is 2. The molecule has 0 spiro atoms. The quantitative estimate of drug-likeness (QED) is 0.635. The van der Waals surface area contributed by atoms with Gasteiger partial charge < -0.3 is 29.2 Å². The van der Waals surface area contributed by atoms with E-state index in [1.165, 1.54) is 0 Å². The monoisotopic (exact) mass is 422 g/mol. The molecule has 2 aromatic carbocycles. The van der Waals surface area contributed by atoms with Crippen molar-refractivity contribution in [1.82, 2.24) is 14.9 Å². The van der Waals surface area contributed by atoms with Crippen LogP contribution in [0.2, 0.25) is 0 Å². The van der Waals surface area contributed by atoms with Gasteiger partial charge in [0.15, 0.2) is 23.0 Å². The molecule has 3 aromatic rings. The number of benzene rings is 2. The Labute approximate surface area is 181 Å². The lowest BCUT2D eigenvalue weighted by atomic mass is 10.1. The Morgan fingerprint density at radius 3 is 2.87 bits per heavy atom. The van der Waals surface area contributed by atoms with Crippen molar-refractivity contribution in [2.45, 2.75) is 19.3 Å². The number of likely N-dealkylation sites (N-methyl/N-ethyl adjacent to an activating group) is 1. The molecule has 0 atom stereocenters. The highest BCUT2D eigenvalue weighted by atomic mass is 16.7. The molecule has 2 aliphatic heterocycles. The minimum Gasteiger partial charge on any atom is -0.493 e. The number of hydrogen-bond donors (Lipinski definition) is 1. The Bertz CT molecular complexity index is 1100. The van der Waals surface area contributed by atoms with Gasteiger partial charge in [0.05, 0.1) is 24.9 Å². The highest BCUT2D eigenvalue weighted by molar-refractivity contribution is 5.94. The van der Waals surface area contributed by atoms with Crippen molar-refractivity contribution >= 4 is 22.4 Å². The topological polar surface area (TPSA) is 78.0 Å². The van der Waals surface area contributed by atoms with Gasteiger partial charge in [0, 0.05) is 18.0 Å². The summed E-state index contributed by atoms with van der Waals surface area (Å²) in [5.74, 6) is 3.50. The third kappa shape index (κ3) is 3.90. The first-order valence-corrected chi connectivity index (χ1v) is 10.6. The molecule has 0 amide bonds. The van der Waals surface area contributed by atoms with Crippen LogP contribution in [0.5, 0.6) is 23.0 Å². The van der Waals surface area contributed by atoms with Gasteiger partial charge in [0.1, 0.15) is 12.1 Å². The maximum Gasteiger partial charge on any atom is 0.231 e. The van der Waals surface area contributed by atoms with Crippen molar-refractivity contribution in [3.8, 4) is 23.0 Å². The Morgan fingerprint density at radius 1 is 1.03 bits per heavy atom. The van der Waals surface area contributed by atoms with Gasteiger partial charge in [-0.1, -0.05) is 6.07 Å². The molecule has 8 heteroatoms. The van der Waals surface area contributed by atoms with Gasteiger partial charge >= 0.3 is 0 Å². The summed E-state index contributed by atoms with van der Waals surface area (Å²) in [4.78, 5) is 11.3. The van der Waals surface area contributed by atoms with Crippen LogP contribution < -0.4 is 24.3 Å². The number of rotatable bonds is 1. The zero-order chi connectivity index (χ0) is 21.2. The van der Waals surface area contributed by atoms with Gasteiger partial charge in [0.2, 0.25) is 6.79 Å². The third-order valence-corrected chi connectivity index (χ3v) is 5.74. The van der Waals surface area contributed by atoms with Crippen LogP contribution in [0.1, 0.15) is 18.4 Å². The van der Waals surface area contributed by atoms with Crippen LogP contribution in [-0.4, -0.2) is 55.5 Å². The summed E-state index contributed by atoms with van der Waals surface area (Å²) < 4.78 is 23.0. The summed E-state index contributed by atoms with van der Waals surface area (Å²) in [6, 6.07) is 7.91. The lowest BCUT2D eigenvalue weighted by molar-refractivity contribution is 0.174. The Hall–Kier alpha value is -3.26. The maximum atomic E-state index is 6.07. The van der Waals surface area contributed by atoms with Crippen LogP contribution in [0.25, 0.3) is 10.9 Å². The van der Waals surface area contributed by atoms with Crippen molar-refractivity contribution < 1.29 is 18.9 Å². The highest BCUT2D eigenvalue weighted by Gasteiger charge is 2.23. The second-order valence-corrected chi connectivity index (χ2v) is 7.81. The molecule has 1 aromatic heterocycles. The normalized spacial score (nSPS) is 16.7. The summed E-state index contributed by atoms with van der Waals surface area (Å²) in [6.07, 6.45) is 4.46. The van der Waals surface area contributed by atoms with Gasteiger partial charge in [0.25, 0.3) is 0 Å². The van der Waals surface area contributed by atoms with E-state index in [0.717, 1.165) is 66.0 Å². The molecule has 1 N–H and O–H groups in total. The minimum absolute atomic E-state index is 0.215. The summed E-state index contributed by atoms with van der Waals surface area (Å²) >= 11 is 0. The number of nitrogens with zero attached hydrogens (tertiary/aromatic N) is 3. The van der Waals surface area contributed by atoms with E-state index in [4.69, 9.17) is 18.9 Å². The van der Waals surface area contributed by atoms with Gasteiger partial charge in [-0.25, -0.2) is 9.97 Å². The number of methoxy groups -OCH3 is 1. The van der Waals surface area contributed by atoms with E-state index in [9.17, 15) is 0 Å². The smallest absolute Gasteiger partial charge is 0.231 e. The fourth-order valence-corrected chi connectivity index (χ4v) is 4.00. The molecule has 0 unspecified atom stereocenters. The Balaban J connectivity index is 1.64. The van der Waals surface area contributed by atoms with Crippen molar-refractivity contribution in [2.75, 3.05) is 46.0 Å². The molecular formula is C23H26N4O4. The van der Waals surface area contributed by atoms with Gasteiger partial charge in [-0.3, -0.25) is 0 Å². The van der Waals surface area contributed by atoms with Gasteiger partial charge in [-0.05, 0) is 50.6 Å². The zero-order valence-corrected chi connectivity index (χ0v) is 17.8. The van der Waals surface area contributed by atoms with Crippen LogP contribution in [0.3, 0.4) is 0 Å². The van der Waals surface area contributed by atoms with Crippen molar-refractivity contribution in [3.63, 3.8) is 0 Å². The van der Waals surface area contributed by atoms with E-state index >= 15 is 0 Å². The van der Waals surface area contributed by atoms with E-state index < -0.39 is 0 Å². The van der Waals surface area contributed by atoms with Crippen LogP contribution in [0.4, 0.5) is 11.5 Å². The third-order valence-electron chi connectivity index (χ3n) is 5.74. The molecular weight excluding hydrogens is 396 g/mol. The van der Waals surface area contributed by atoms with Crippen LogP contribution in [0.15, 0.2) is 30.6 Å². The molecule has 8 nitrogen and oxygen atoms in total. The second kappa shape index (κ2) is 8.47. The van der Waals surface area contributed by atoms with Crippen LogP contribution in [0, 0.1) is 0 Å². The summed E-state index contributed by atoms with van der Waals surface area (Å²) in [5.41, 5.74) is 2.82. The number of ether oxygens (including phenoxy) is 4. The standard InChI is InChI=1S/C23H26N4O4/c1-27-8-3-4-10-29-20-11-16-17(12-19(20)28-2)24-13-25-23(16)26-21-15(7-9-27)5-6-18-22(21)31-14-30-18/h5-6,11-13H,3-4,7-10,14H2,1-2H3,(H,24,25,26). The fraction of sp³-hybridized carbons (Fsp3) is 0.391. The molecule has 3 heterocycles. The van der Waals surface area contributed by atoms with Gasteiger partial charge in [-0.15, -0.1) is 0 Å². The molecule has 0 saturated carbocycles. The fourth-order valence-electron chi connectivity index (χ4n) is 4.00. The molecule has 2 aliphatic rings. The number of aromatic nitrogens is 2. The van der Waals surface area contributed by atoms with Crippen molar-refractivity contribution in [2.24, 2.45) is 0 Å². The molecule has 2 bridgehead atoms. The maximum absolute atomic E-state index is 6.07. The SMILES string of the molecule is COc1cc2ncnc3c2cc1OCCCCN(C)CCc1ccc2c(c1N3)OCO2. The summed E-state index contributed by atoms with van der Waals surface area (Å²) in [6.45, 7) is 2.80. The van der Waals surface area contributed by atoms with E-state index in [1.54, 1.807) is 13.4 Å². The lowest BCUT2D eigenvalue weighted by Gasteiger charge is -2.19. The first-order chi connectivity index (χ1) is 15.2. The van der Waals surface area contributed by atoms with Crippen LogP contribution >= 0.6 is 0 Å². The average molecular weight is 422 g/mol. The predicted molar refractivity (Wildman–Crippen MR) is 118 cm³/mol. The van der Waals surface area contributed by atoms with Crippen molar-refractivity contribution in [1.29, 1.82) is 0 Å². The van der Waals surface area contributed by atoms with E-state index in [2.05, 4.69) is 33.3 Å². The first-order valence-electron chi connectivity index (χ1n) is 10.6. The second-order valence-electron chi connectivity index (χ2n) is 7.81. The molecule has 162 valence electrons. The largest absolute Gasteiger partial charge is 0.493 e. The molecule has 0 aliphatic carbocycles. The Morgan fingerprint density at radius 2 is 1.97 bits per heavy atom. The number of hydrogen-bond acceptors (Lipinski definition) is 8. The molecule has 0 saturated heterocycles. The number of nitrogens with one attached hydrogen (secondary N) is 1. The Kier molecular flexibility index (Phi) is 5.38. The minimum atomic E-state index is 0.215. The molecule has 0 radical (unpaired) electrons. The molecule has 5 rings (SSSR count). The first kappa shape index (κ1) is 19.7. The predicted octanol–water partition coefficient (Wildman–Crippen LogP) is 3.76. The summed E-state index contributed by atoms with van der Waals surface area (Å²) in [7, 11) is 3.79. The average Bonchev–Trinajstić information content (AvgIpc) is 3.26. The summed E-state index contributed by atoms with van der Waals surface area (Å²) in [5, 5.41) is 4.36. The van der Waals surface area contributed by atoms with E-state index in [1.807, 2.05) is 18.2 Å². The number of fused-ring (bicyclic) bond motifs is 4. The van der Waals surface area contributed by atoms with E-state index in [-0.39, 0.29) is 6.79 Å².